The summed E-state index contributed by atoms with van der Waals surface area (Å²) in [5, 5.41) is 4.23. The smallest absolute Gasteiger partial charge is 0.249 e. The summed E-state index contributed by atoms with van der Waals surface area (Å²) in [6, 6.07) is 2.98. The summed E-state index contributed by atoms with van der Waals surface area (Å²) in [5.41, 5.74) is -0.118. The second kappa shape index (κ2) is 5.51. The average molecular weight is 324 g/mol. The van der Waals surface area contributed by atoms with E-state index in [0.717, 1.165) is 19.3 Å². The number of fused-ring (bicyclic) bond motifs is 1. The van der Waals surface area contributed by atoms with Crippen molar-refractivity contribution < 1.29 is 8.42 Å². The summed E-state index contributed by atoms with van der Waals surface area (Å²) in [6.07, 6.45) is 4.35. The zero-order valence-electron chi connectivity index (χ0n) is 12.8. The van der Waals surface area contributed by atoms with Gasteiger partial charge in [0.15, 0.2) is 5.65 Å². The summed E-state index contributed by atoms with van der Waals surface area (Å²) in [7, 11) is -3.62. The molecule has 1 fully saturated rings. The minimum atomic E-state index is -3.62. The monoisotopic (exact) mass is 324 g/mol. The van der Waals surface area contributed by atoms with E-state index in [2.05, 4.69) is 5.10 Å². The lowest BCUT2D eigenvalue weighted by Gasteiger charge is -2.25. The van der Waals surface area contributed by atoms with E-state index >= 15 is 0 Å². The van der Waals surface area contributed by atoms with Crippen LogP contribution < -0.4 is 5.69 Å². The SMILES string of the molecule is CC(C)n1nc2c(S(=O)(=O)N3CCCCC3)cccn2c1=O. The average Bonchev–Trinajstić information content (AvgIpc) is 2.85. The molecule has 0 saturated carbocycles. The molecular formula is C14H20N4O3S. The fraction of sp³-hybridized carbons (Fsp3) is 0.571. The van der Waals surface area contributed by atoms with Crippen LogP contribution in [0.3, 0.4) is 0 Å². The van der Waals surface area contributed by atoms with E-state index in [-0.39, 0.29) is 22.3 Å². The maximum atomic E-state index is 12.9. The topological polar surface area (TPSA) is 76.7 Å². The van der Waals surface area contributed by atoms with Gasteiger partial charge in [-0.1, -0.05) is 6.42 Å². The lowest BCUT2D eigenvalue weighted by Crippen LogP contribution is -2.35. The first kappa shape index (κ1) is 15.2. The lowest BCUT2D eigenvalue weighted by molar-refractivity contribution is 0.347. The first-order valence-corrected chi connectivity index (χ1v) is 8.97. The van der Waals surface area contributed by atoms with Crippen molar-refractivity contribution in [2.24, 2.45) is 0 Å². The van der Waals surface area contributed by atoms with Gasteiger partial charge in [-0.15, -0.1) is 5.10 Å². The molecule has 0 unspecified atom stereocenters. The van der Waals surface area contributed by atoms with Crippen LogP contribution in [0.2, 0.25) is 0 Å². The fourth-order valence-electron chi connectivity index (χ4n) is 2.77. The van der Waals surface area contributed by atoms with Gasteiger partial charge in [0.2, 0.25) is 10.0 Å². The number of sulfonamides is 1. The molecule has 0 amide bonds. The van der Waals surface area contributed by atoms with Gasteiger partial charge in [0.05, 0.1) is 6.04 Å². The van der Waals surface area contributed by atoms with Gasteiger partial charge < -0.3 is 0 Å². The van der Waals surface area contributed by atoms with Crippen molar-refractivity contribution >= 4 is 15.7 Å². The standard InChI is InChI=1S/C14H20N4O3S/c1-11(2)18-14(19)17-10-6-7-12(13(17)15-18)22(20,21)16-8-4-3-5-9-16/h6-7,10-11H,3-5,8-9H2,1-2H3. The summed E-state index contributed by atoms with van der Waals surface area (Å²) in [5.74, 6) is 0. The normalized spacial score (nSPS) is 17.4. The molecule has 2 aromatic heterocycles. The van der Waals surface area contributed by atoms with Gasteiger partial charge in [-0.05, 0) is 38.8 Å². The highest BCUT2D eigenvalue weighted by Crippen LogP contribution is 2.23. The number of nitrogens with zero attached hydrogens (tertiary/aromatic N) is 4. The third kappa shape index (κ3) is 2.36. The van der Waals surface area contributed by atoms with Crippen LogP contribution in [-0.4, -0.2) is 40.0 Å². The van der Waals surface area contributed by atoms with Gasteiger partial charge in [-0.2, -0.15) is 4.31 Å². The maximum Gasteiger partial charge on any atom is 0.350 e. The Labute approximate surface area is 129 Å². The summed E-state index contributed by atoms with van der Waals surface area (Å²) in [6.45, 7) is 4.73. The summed E-state index contributed by atoms with van der Waals surface area (Å²) < 4.78 is 29.8. The highest BCUT2D eigenvalue weighted by atomic mass is 32.2. The van der Waals surface area contributed by atoms with E-state index in [1.165, 1.54) is 19.5 Å². The largest absolute Gasteiger partial charge is 0.350 e. The molecule has 0 radical (unpaired) electrons. The van der Waals surface area contributed by atoms with Gasteiger partial charge >= 0.3 is 5.69 Å². The molecule has 120 valence electrons. The zero-order valence-corrected chi connectivity index (χ0v) is 13.6. The van der Waals surface area contributed by atoms with Crippen LogP contribution in [-0.2, 0) is 10.0 Å². The van der Waals surface area contributed by atoms with E-state index < -0.39 is 10.0 Å². The molecule has 7 nitrogen and oxygen atoms in total. The van der Waals surface area contributed by atoms with Gasteiger partial charge in [0.1, 0.15) is 4.90 Å². The van der Waals surface area contributed by atoms with Crippen LogP contribution in [0, 0.1) is 0 Å². The number of pyridine rings is 1. The Hall–Kier alpha value is -1.67. The Balaban J connectivity index is 2.18. The minimum Gasteiger partial charge on any atom is -0.249 e. The Kier molecular flexibility index (Phi) is 3.82. The van der Waals surface area contributed by atoms with Crippen molar-refractivity contribution in [3.8, 4) is 0 Å². The molecule has 0 spiro atoms. The molecule has 8 heteroatoms. The molecule has 3 heterocycles. The Morgan fingerprint density at radius 3 is 2.50 bits per heavy atom. The number of hydrogen-bond acceptors (Lipinski definition) is 4. The predicted molar refractivity (Wildman–Crippen MR) is 82.4 cm³/mol. The molecule has 0 N–H and O–H groups in total. The van der Waals surface area contributed by atoms with Crippen LogP contribution in [0.5, 0.6) is 0 Å². The fourth-order valence-corrected chi connectivity index (χ4v) is 4.41. The zero-order chi connectivity index (χ0) is 15.9. The van der Waals surface area contributed by atoms with E-state index in [0.29, 0.717) is 13.1 Å². The van der Waals surface area contributed by atoms with Crippen molar-refractivity contribution in [2.75, 3.05) is 13.1 Å². The first-order valence-electron chi connectivity index (χ1n) is 7.53. The van der Waals surface area contributed by atoms with E-state index in [1.807, 2.05) is 13.8 Å². The quantitative estimate of drug-likeness (QED) is 0.851. The lowest BCUT2D eigenvalue weighted by atomic mass is 10.2. The molecule has 1 saturated heterocycles. The van der Waals surface area contributed by atoms with Crippen LogP contribution in [0.1, 0.15) is 39.2 Å². The van der Waals surface area contributed by atoms with E-state index in [4.69, 9.17) is 0 Å². The molecule has 3 rings (SSSR count). The minimum absolute atomic E-state index is 0.105. The first-order chi connectivity index (χ1) is 10.4. The molecule has 0 aromatic carbocycles. The van der Waals surface area contributed by atoms with Crippen molar-refractivity contribution in [3.05, 3.63) is 28.8 Å². The van der Waals surface area contributed by atoms with Gasteiger partial charge in [0, 0.05) is 19.3 Å². The van der Waals surface area contributed by atoms with Gasteiger partial charge in [0.25, 0.3) is 0 Å². The van der Waals surface area contributed by atoms with Crippen molar-refractivity contribution in [1.82, 2.24) is 18.5 Å². The Morgan fingerprint density at radius 2 is 1.86 bits per heavy atom. The molecule has 0 aliphatic carbocycles. The van der Waals surface area contributed by atoms with Crippen LogP contribution in [0.25, 0.3) is 5.65 Å². The molecule has 1 aliphatic rings. The van der Waals surface area contributed by atoms with Crippen molar-refractivity contribution in [1.29, 1.82) is 0 Å². The van der Waals surface area contributed by atoms with Crippen molar-refractivity contribution in [3.63, 3.8) is 0 Å². The van der Waals surface area contributed by atoms with Crippen LogP contribution >= 0.6 is 0 Å². The molecular weight excluding hydrogens is 304 g/mol. The van der Waals surface area contributed by atoms with E-state index in [1.54, 1.807) is 12.3 Å². The summed E-state index contributed by atoms with van der Waals surface area (Å²) in [4.78, 5) is 12.4. The van der Waals surface area contributed by atoms with Gasteiger partial charge in [-0.3, -0.25) is 0 Å². The maximum absolute atomic E-state index is 12.9. The third-order valence-electron chi connectivity index (χ3n) is 3.96. The van der Waals surface area contributed by atoms with Crippen LogP contribution in [0.4, 0.5) is 0 Å². The second-order valence-corrected chi connectivity index (χ2v) is 7.76. The molecule has 0 atom stereocenters. The number of rotatable bonds is 3. The highest BCUT2D eigenvalue weighted by Gasteiger charge is 2.29. The molecule has 2 aromatic rings. The predicted octanol–water partition coefficient (Wildman–Crippen LogP) is 1.25. The Morgan fingerprint density at radius 1 is 1.18 bits per heavy atom. The molecule has 22 heavy (non-hydrogen) atoms. The third-order valence-corrected chi connectivity index (χ3v) is 5.88. The Bertz CT molecular complexity index is 845. The van der Waals surface area contributed by atoms with Crippen molar-refractivity contribution in [2.45, 2.75) is 44.0 Å². The number of piperidine rings is 1. The second-order valence-electron chi connectivity index (χ2n) is 5.85. The van der Waals surface area contributed by atoms with Crippen LogP contribution in [0.15, 0.2) is 28.0 Å². The summed E-state index contributed by atoms with van der Waals surface area (Å²) >= 11 is 0. The number of hydrogen-bond donors (Lipinski definition) is 0. The van der Waals surface area contributed by atoms with E-state index in [9.17, 15) is 13.2 Å². The number of aromatic nitrogens is 3. The van der Waals surface area contributed by atoms with Gasteiger partial charge in [-0.25, -0.2) is 22.3 Å². The molecule has 0 bridgehead atoms. The highest BCUT2D eigenvalue weighted by molar-refractivity contribution is 7.89. The molecule has 1 aliphatic heterocycles.